The van der Waals surface area contributed by atoms with Gasteiger partial charge in [-0.3, -0.25) is 14.7 Å². The Kier molecular flexibility index (Phi) is 3.26. The van der Waals surface area contributed by atoms with Crippen LogP contribution in [0.25, 0.3) is 0 Å². The number of aromatic amines is 1. The normalized spacial score (nSPS) is 11.2. The molecule has 7 nitrogen and oxygen atoms in total. The summed E-state index contributed by atoms with van der Waals surface area (Å²) in [6, 6.07) is 0. The average Bonchev–Trinajstić information content (AvgIpc) is 2.68. The average molecular weight is 226 g/mol. The van der Waals surface area contributed by atoms with Crippen LogP contribution < -0.4 is 0 Å². The number of hydrogen-bond donors (Lipinski definition) is 2. The van der Waals surface area contributed by atoms with E-state index in [2.05, 4.69) is 15.2 Å². The Morgan fingerprint density at radius 3 is 2.62 bits per heavy atom. The molecule has 0 bridgehead atoms. The third kappa shape index (κ3) is 2.36. The lowest BCUT2D eigenvalue weighted by Gasteiger charge is -2.25. The topological polar surface area (TPSA) is 99.2 Å². The molecular formula is C9H14N4O3. The first-order chi connectivity index (χ1) is 7.35. The fourth-order valence-corrected chi connectivity index (χ4v) is 1.17. The van der Waals surface area contributed by atoms with Gasteiger partial charge < -0.3 is 10.0 Å². The minimum Gasteiger partial charge on any atom is -0.480 e. The van der Waals surface area contributed by atoms with Crippen molar-refractivity contribution in [3.8, 4) is 0 Å². The van der Waals surface area contributed by atoms with Gasteiger partial charge in [0.25, 0.3) is 0 Å². The number of nitrogens with zero attached hydrogens (tertiary/aromatic N) is 3. The molecule has 1 rings (SSSR count). The first-order valence-corrected chi connectivity index (χ1v) is 4.69. The van der Waals surface area contributed by atoms with Gasteiger partial charge in [0, 0.05) is 7.05 Å². The van der Waals surface area contributed by atoms with Crippen LogP contribution >= 0.6 is 0 Å². The van der Waals surface area contributed by atoms with Gasteiger partial charge in [0.05, 0.1) is 6.54 Å². The largest absolute Gasteiger partial charge is 0.480 e. The van der Waals surface area contributed by atoms with E-state index in [0.717, 1.165) is 0 Å². The van der Waals surface area contributed by atoms with Crippen LogP contribution in [-0.4, -0.2) is 44.1 Å². The summed E-state index contributed by atoms with van der Waals surface area (Å²) < 4.78 is 0. The summed E-state index contributed by atoms with van der Waals surface area (Å²) in [7, 11) is 1.52. The number of carbonyl (C=O) groups excluding carboxylic acids is 1. The Labute approximate surface area is 92.5 Å². The van der Waals surface area contributed by atoms with E-state index in [1.54, 1.807) is 0 Å². The molecule has 0 aliphatic rings. The molecule has 1 heterocycles. The number of amides is 1. The van der Waals surface area contributed by atoms with E-state index in [1.807, 2.05) is 0 Å². The van der Waals surface area contributed by atoms with Gasteiger partial charge in [-0.1, -0.05) is 0 Å². The van der Waals surface area contributed by atoms with E-state index < -0.39 is 17.3 Å². The highest BCUT2D eigenvalue weighted by molar-refractivity contribution is 6.00. The number of carboxylic acid groups (broad SMARTS) is 1. The van der Waals surface area contributed by atoms with Crippen molar-refractivity contribution in [2.75, 3.05) is 7.05 Å². The molecule has 1 amide bonds. The van der Waals surface area contributed by atoms with E-state index in [9.17, 15) is 9.59 Å². The molecule has 88 valence electrons. The lowest BCUT2D eigenvalue weighted by Crippen LogP contribution is -2.43. The Morgan fingerprint density at radius 1 is 1.56 bits per heavy atom. The fraction of sp³-hybridized carbons (Fsp3) is 0.556. The van der Waals surface area contributed by atoms with Gasteiger partial charge in [-0.25, -0.2) is 4.98 Å². The zero-order chi connectivity index (χ0) is 12.3. The second-order valence-corrected chi connectivity index (χ2v) is 4.02. The SMILES string of the molecule is CN(Cc1ncn[nH]1)C(=O)C(C)(C)C(=O)O. The summed E-state index contributed by atoms with van der Waals surface area (Å²) in [4.78, 5) is 27.9. The summed E-state index contributed by atoms with van der Waals surface area (Å²) in [6.07, 6.45) is 1.33. The van der Waals surface area contributed by atoms with Crippen LogP contribution in [0.4, 0.5) is 0 Å². The molecule has 0 atom stereocenters. The molecule has 2 N–H and O–H groups in total. The number of carboxylic acids is 1. The number of carbonyl (C=O) groups is 2. The Balaban J connectivity index is 2.71. The first kappa shape index (κ1) is 12.2. The minimum atomic E-state index is -1.44. The molecule has 7 heteroatoms. The van der Waals surface area contributed by atoms with E-state index in [0.29, 0.717) is 5.82 Å². The molecule has 1 aromatic heterocycles. The maximum absolute atomic E-state index is 11.8. The first-order valence-electron chi connectivity index (χ1n) is 4.69. The van der Waals surface area contributed by atoms with Crippen LogP contribution in [0.5, 0.6) is 0 Å². The van der Waals surface area contributed by atoms with Gasteiger partial charge in [-0.2, -0.15) is 5.10 Å². The van der Waals surface area contributed by atoms with Crippen molar-refractivity contribution in [2.45, 2.75) is 20.4 Å². The predicted octanol–water partition coefficient (Wildman–Crippen LogP) is -0.126. The molecule has 0 saturated carbocycles. The Bertz CT molecular complexity index is 385. The van der Waals surface area contributed by atoms with Crippen LogP contribution in [0.1, 0.15) is 19.7 Å². The lowest BCUT2D eigenvalue weighted by atomic mass is 9.92. The van der Waals surface area contributed by atoms with E-state index >= 15 is 0 Å². The highest BCUT2D eigenvalue weighted by atomic mass is 16.4. The van der Waals surface area contributed by atoms with Gasteiger partial charge in [0.2, 0.25) is 5.91 Å². The van der Waals surface area contributed by atoms with Gasteiger partial charge >= 0.3 is 5.97 Å². The highest BCUT2D eigenvalue weighted by Gasteiger charge is 2.38. The van der Waals surface area contributed by atoms with Crippen LogP contribution in [0.15, 0.2) is 6.33 Å². The van der Waals surface area contributed by atoms with Crippen molar-refractivity contribution >= 4 is 11.9 Å². The maximum atomic E-state index is 11.8. The van der Waals surface area contributed by atoms with Crippen LogP contribution in [-0.2, 0) is 16.1 Å². The van der Waals surface area contributed by atoms with Crippen molar-refractivity contribution < 1.29 is 14.7 Å². The summed E-state index contributed by atoms with van der Waals surface area (Å²) in [5.74, 6) is -1.12. The smallest absolute Gasteiger partial charge is 0.318 e. The quantitative estimate of drug-likeness (QED) is 0.697. The number of H-pyrrole nitrogens is 1. The summed E-state index contributed by atoms with van der Waals surface area (Å²) in [6.45, 7) is 2.94. The summed E-state index contributed by atoms with van der Waals surface area (Å²) in [5.41, 5.74) is -1.44. The van der Waals surface area contributed by atoms with Crippen LogP contribution in [0, 0.1) is 5.41 Å². The van der Waals surface area contributed by atoms with Gasteiger partial charge in [0.15, 0.2) is 0 Å². The Hall–Kier alpha value is -1.92. The monoisotopic (exact) mass is 226 g/mol. The molecular weight excluding hydrogens is 212 g/mol. The molecule has 0 aliphatic heterocycles. The third-order valence-corrected chi connectivity index (χ3v) is 2.27. The van der Waals surface area contributed by atoms with E-state index in [4.69, 9.17) is 5.11 Å². The molecule has 0 radical (unpaired) electrons. The van der Waals surface area contributed by atoms with Gasteiger partial charge in [-0.15, -0.1) is 0 Å². The standard InChI is InChI=1S/C9H14N4O3/c1-9(2,8(15)16)7(14)13(3)4-6-10-5-11-12-6/h5H,4H2,1-3H3,(H,15,16)(H,10,11,12). The van der Waals surface area contributed by atoms with Crippen molar-refractivity contribution in [3.63, 3.8) is 0 Å². The second kappa shape index (κ2) is 4.30. The Morgan fingerprint density at radius 2 is 2.19 bits per heavy atom. The fourth-order valence-electron chi connectivity index (χ4n) is 1.17. The van der Waals surface area contributed by atoms with Crippen LogP contribution in [0.3, 0.4) is 0 Å². The van der Waals surface area contributed by atoms with Crippen LogP contribution in [0.2, 0.25) is 0 Å². The molecule has 0 aliphatic carbocycles. The van der Waals surface area contributed by atoms with E-state index in [-0.39, 0.29) is 6.54 Å². The molecule has 0 fully saturated rings. The molecule has 0 saturated heterocycles. The number of rotatable bonds is 4. The number of aromatic nitrogens is 3. The lowest BCUT2D eigenvalue weighted by molar-refractivity contribution is -0.157. The van der Waals surface area contributed by atoms with Gasteiger partial charge in [-0.05, 0) is 13.8 Å². The molecule has 0 spiro atoms. The summed E-state index contributed by atoms with van der Waals surface area (Å²) in [5, 5.41) is 15.1. The van der Waals surface area contributed by atoms with E-state index in [1.165, 1.54) is 32.1 Å². The molecule has 0 aromatic carbocycles. The third-order valence-electron chi connectivity index (χ3n) is 2.27. The second-order valence-electron chi connectivity index (χ2n) is 4.02. The molecule has 1 aromatic rings. The zero-order valence-corrected chi connectivity index (χ0v) is 9.39. The zero-order valence-electron chi connectivity index (χ0n) is 9.39. The molecule has 0 unspecified atom stereocenters. The minimum absolute atomic E-state index is 0.204. The van der Waals surface area contributed by atoms with Crippen molar-refractivity contribution in [3.05, 3.63) is 12.2 Å². The number of aliphatic carboxylic acids is 1. The van der Waals surface area contributed by atoms with Crippen molar-refractivity contribution in [1.29, 1.82) is 0 Å². The number of hydrogen-bond acceptors (Lipinski definition) is 4. The maximum Gasteiger partial charge on any atom is 0.318 e. The predicted molar refractivity (Wildman–Crippen MR) is 54.3 cm³/mol. The molecule has 16 heavy (non-hydrogen) atoms. The van der Waals surface area contributed by atoms with Crippen molar-refractivity contribution in [1.82, 2.24) is 20.1 Å². The van der Waals surface area contributed by atoms with Crippen molar-refractivity contribution in [2.24, 2.45) is 5.41 Å². The highest BCUT2D eigenvalue weighted by Crippen LogP contribution is 2.19. The summed E-state index contributed by atoms with van der Waals surface area (Å²) >= 11 is 0. The number of nitrogens with one attached hydrogen (secondary N) is 1. The van der Waals surface area contributed by atoms with Gasteiger partial charge in [0.1, 0.15) is 17.6 Å².